The van der Waals surface area contributed by atoms with E-state index in [1.165, 1.54) is 0 Å². The molecule has 2 aromatic rings. The topological polar surface area (TPSA) is 54.4 Å². The second-order valence-corrected chi connectivity index (χ2v) is 5.80. The van der Waals surface area contributed by atoms with Gasteiger partial charge < -0.3 is 15.2 Å². The van der Waals surface area contributed by atoms with Crippen LogP contribution in [0.15, 0.2) is 30.5 Å². The Morgan fingerprint density at radius 3 is 2.81 bits per heavy atom. The van der Waals surface area contributed by atoms with Crippen LogP contribution in [0.3, 0.4) is 0 Å². The molecule has 112 valence electrons. The van der Waals surface area contributed by atoms with Crippen LogP contribution in [-0.2, 0) is 0 Å². The number of nitrogens with zero attached hydrogens (tertiary/aromatic N) is 1. The van der Waals surface area contributed by atoms with Crippen LogP contribution in [0.1, 0.15) is 25.7 Å². The third kappa shape index (κ3) is 3.27. The molecule has 1 aromatic heterocycles. The van der Waals surface area contributed by atoms with Gasteiger partial charge in [-0.15, -0.1) is 0 Å². The van der Waals surface area contributed by atoms with Crippen LogP contribution in [0.4, 0.5) is 5.82 Å². The first-order valence-electron chi connectivity index (χ1n) is 7.61. The van der Waals surface area contributed by atoms with E-state index in [1.807, 2.05) is 30.5 Å². The Bertz CT molecular complexity index is 607. The molecule has 0 atom stereocenters. The Balaban J connectivity index is 1.72. The maximum absolute atomic E-state index is 9.56. The van der Waals surface area contributed by atoms with Crippen molar-refractivity contribution in [2.45, 2.75) is 31.8 Å². The first-order valence-corrected chi connectivity index (χ1v) is 7.61. The predicted octanol–water partition coefficient (Wildman–Crippen LogP) is 3.21. The van der Waals surface area contributed by atoms with Gasteiger partial charge in [0, 0.05) is 18.1 Å². The first kappa shape index (κ1) is 14.1. The van der Waals surface area contributed by atoms with Crippen LogP contribution in [0.2, 0.25) is 0 Å². The third-order valence-corrected chi connectivity index (χ3v) is 4.35. The van der Waals surface area contributed by atoms with Crippen molar-refractivity contribution >= 4 is 16.6 Å². The average Bonchev–Trinajstić information content (AvgIpc) is 2.53. The van der Waals surface area contributed by atoms with Gasteiger partial charge in [-0.05, 0) is 61.3 Å². The summed E-state index contributed by atoms with van der Waals surface area (Å²) in [5.74, 6) is 2.42. The number of aliphatic hydroxyl groups is 1. The van der Waals surface area contributed by atoms with Crippen molar-refractivity contribution < 1.29 is 9.84 Å². The number of nitrogens with one attached hydrogen (secondary N) is 1. The number of benzene rings is 1. The Morgan fingerprint density at radius 2 is 2.05 bits per heavy atom. The van der Waals surface area contributed by atoms with Crippen molar-refractivity contribution in [2.24, 2.45) is 5.92 Å². The van der Waals surface area contributed by atoms with Crippen molar-refractivity contribution in [2.75, 3.05) is 19.0 Å². The zero-order valence-corrected chi connectivity index (χ0v) is 12.4. The standard InChI is InChI=1S/C17H22N2O2/c1-21-15-6-7-16-13(10-15)8-9-18-17(16)19-11-12-2-4-14(20)5-3-12/h6-10,12,14,20H,2-5,11H2,1H3,(H,18,19). The number of rotatable bonds is 4. The van der Waals surface area contributed by atoms with Gasteiger partial charge in [0.2, 0.25) is 0 Å². The Morgan fingerprint density at radius 1 is 1.24 bits per heavy atom. The van der Waals surface area contributed by atoms with E-state index >= 15 is 0 Å². The first-order chi connectivity index (χ1) is 10.3. The Hall–Kier alpha value is -1.81. The molecule has 0 radical (unpaired) electrons. The van der Waals surface area contributed by atoms with Gasteiger partial charge in [0.25, 0.3) is 0 Å². The normalized spacial score (nSPS) is 22.2. The van der Waals surface area contributed by atoms with Crippen LogP contribution in [0, 0.1) is 5.92 Å². The molecule has 0 bridgehead atoms. The number of methoxy groups -OCH3 is 1. The highest BCUT2D eigenvalue weighted by atomic mass is 16.5. The Kier molecular flexibility index (Phi) is 4.25. The number of ether oxygens (including phenoxy) is 1. The van der Waals surface area contributed by atoms with Crippen molar-refractivity contribution in [1.82, 2.24) is 4.98 Å². The monoisotopic (exact) mass is 286 g/mol. The zero-order chi connectivity index (χ0) is 14.7. The lowest BCUT2D eigenvalue weighted by Crippen LogP contribution is -2.23. The maximum atomic E-state index is 9.56. The maximum Gasteiger partial charge on any atom is 0.133 e. The van der Waals surface area contributed by atoms with Crippen molar-refractivity contribution in [3.8, 4) is 5.75 Å². The molecule has 4 heteroatoms. The molecule has 1 aromatic carbocycles. The van der Waals surface area contributed by atoms with Gasteiger partial charge in [0.15, 0.2) is 0 Å². The summed E-state index contributed by atoms with van der Waals surface area (Å²) in [5.41, 5.74) is 0. The van der Waals surface area contributed by atoms with Crippen LogP contribution in [-0.4, -0.2) is 29.8 Å². The summed E-state index contributed by atoms with van der Waals surface area (Å²) in [6, 6.07) is 8.04. The van der Waals surface area contributed by atoms with Crippen molar-refractivity contribution in [3.63, 3.8) is 0 Å². The number of hydrogen-bond donors (Lipinski definition) is 2. The number of aromatic nitrogens is 1. The van der Waals surface area contributed by atoms with E-state index in [9.17, 15) is 5.11 Å². The SMILES string of the molecule is COc1ccc2c(NCC3CCC(O)CC3)nccc2c1. The average molecular weight is 286 g/mol. The highest BCUT2D eigenvalue weighted by Crippen LogP contribution is 2.27. The minimum atomic E-state index is -0.0932. The summed E-state index contributed by atoms with van der Waals surface area (Å²) >= 11 is 0. The minimum absolute atomic E-state index is 0.0932. The molecule has 0 aliphatic heterocycles. The third-order valence-electron chi connectivity index (χ3n) is 4.35. The summed E-state index contributed by atoms with van der Waals surface area (Å²) in [4.78, 5) is 4.46. The fraction of sp³-hybridized carbons (Fsp3) is 0.471. The number of fused-ring (bicyclic) bond motifs is 1. The molecular formula is C17H22N2O2. The van der Waals surface area contributed by atoms with E-state index in [0.717, 1.165) is 54.6 Å². The zero-order valence-electron chi connectivity index (χ0n) is 12.4. The molecule has 1 aliphatic carbocycles. The molecule has 3 rings (SSSR count). The molecule has 21 heavy (non-hydrogen) atoms. The fourth-order valence-electron chi connectivity index (χ4n) is 3.01. The smallest absolute Gasteiger partial charge is 0.133 e. The molecule has 1 fully saturated rings. The largest absolute Gasteiger partial charge is 0.497 e. The van der Waals surface area contributed by atoms with Gasteiger partial charge in [-0.3, -0.25) is 0 Å². The minimum Gasteiger partial charge on any atom is -0.497 e. The lowest BCUT2D eigenvalue weighted by Gasteiger charge is -2.25. The van der Waals surface area contributed by atoms with Gasteiger partial charge in [0.1, 0.15) is 11.6 Å². The quantitative estimate of drug-likeness (QED) is 0.906. The highest BCUT2D eigenvalue weighted by molar-refractivity contribution is 5.92. The summed E-state index contributed by atoms with van der Waals surface area (Å²) in [5, 5.41) is 15.3. The lowest BCUT2D eigenvalue weighted by molar-refractivity contribution is 0.111. The van der Waals surface area contributed by atoms with E-state index in [1.54, 1.807) is 7.11 Å². The van der Waals surface area contributed by atoms with Gasteiger partial charge in [-0.25, -0.2) is 4.98 Å². The molecule has 2 N–H and O–H groups in total. The molecule has 1 aliphatic rings. The van der Waals surface area contributed by atoms with Crippen molar-refractivity contribution in [3.05, 3.63) is 30.5 Å². The predicted molar refractivity (Wildman–Crippen MR) is 84.7 cm³/mol. The molecular weight excluding hydrogens is 264 g/mol. The second-order valence-electron chi connectivity index (χ2n) is 5.80. The van der Waals surface area contributed by atoms with E-state index in [-0.39, 0.29) is 6.10 Å². The molecule has 4 nitrogen and oxygen atoms in total. The summed E-state index contributed by atoms with van der Waals surface area (Å²) in [6.07, 6.45) is 5.76. The van der Waals surface area contributed by atoms with E-state index in [4.69, 9.17) is 4.74 Å². The van der Waals surface area contributed by atoms with Crippen LogP contribution >= 0.6 is 0 Å². The van der Waals surface area contributed by atoms with Gasteiger partial charge in [-0.2, -0.15) is 0 Å². The Labute approximate surface area is 125 Å². The summed E-state index contributed by atoms with van der Waals surface area (Å²) in [6.45, 7) is 0.921. The summed E-state index contributed by atoms with van der Waals surface area (Å²) in [7, 11) is 1.68. The number of hydrogen-bond acceptors (Lipinski definition) is 4. The summed E-state index contributed by atoms with van der Waals surface area (Å²) < 4.78 is 5.26. The molecule has 0 saturated heterocycles. The van der Waals surface area contributed by atoms with E-state index in [2.05, 4.69) is 10.3 Å². The van der Waals surface area contributed by atoms with E-state index < -0.39 is 0 Å². The molecule has 1 heterocycles. The number of aliphatic hydroxyl groups excluding tert-OH is 1. The fourth-order valence-corrected chi connectivity index (χ4v) is 3.01. The second kappa shape index (κ2) is 6.31. The van der Waals surface area contributed by atoms with Gasteiger partial charge in [-0.1, -0.05) is 0 Å². The number of pyridine rings is 1. The molecule has 1 saturated carbocycles. The van der Waals surface area contributed by atoms with Gasteiger partial charge >= 0.3 is 0 Å². The number of anilines is 1. The van der Waals surface area contributed by atoms with Gasteiger partial charge in [0.05, 0.1) is 13.2 Å². The van der Waals surface area contributed by atoms with E-state index in [0.29, 0.717) is 5.92 Å². The molecule has 0 unspecified atom stereocenters. The van der Waals surface area contributed by atoms with Crippen molar-refractivity contribution in [1.29, 1.82) is 0 Å². The van der Waals surface area contributed by atoms with Crippen LogP contribution in [0.5, 0.6) is 5.75 Å². The lowest BCUT2D eigenvalue weighted by atomic mass is 9.87. The van der Waals surface area contributed by atoms with Crippen LogP contribution < -0.4 is 10.1 Å². The molecule has 0 amide bonds. The molecule has 0 spiro atoms. The van der Waals surface area contributed by atoms with Crippen LogP contribution in [0.25, 0.3) is 10.8 Å². The highest BCUT2D eigenvalue weighted by Gasteiger charge is 2.19.